The van der Waals surface area contributed by atoms with Crippen LogP contribution in [0.15, 0.2) is 42.5 Å². The van der Waals surface area contributed by atoms with Crippen molar-refractivity contribution >= 4 is 11.4 Å². The second-order valence-corrected chi connectivity index (χ2v) is 3.15. The van der Waals surface area contributed by atoms with E-state index in [1.165, 1.54) is 0 Å². The maximum atomic E-state index is 5.60. The number of hydrogen-bond donors (Lipinski definition) is 2. The van der Waals surface area contributed by atoms with Gasteiger partial charge in [-0.25, -0.2) is 0 Å². The molecule has 2 nitrogen and oxygen atoms in total. The Labute approximate surface area is 83.2 Å². The Bertz CT molecular complexity index is 372. The van der Waals surface area contributed by atoms with Gasteiger partial charge in [0.1, 0.15) is 0 Å². The van der Waals surface area contributed by atoms with E-state index in [4.69, 9.17) is 11.5 Å². The smallest absolute Gasteiger partial charge is 0.0394 e. The van der Waals surface area contributed by atoms with Crippen LogP contribution in [-0.4, -0.2) is 0 Å². The van der Waals surface area contributed by atoms with Gasteiger partial charge in [-0.05, 0) is 35.4 Å². The molecule has 0 aliphatic heterocycles. The van der Waals surface area contributed by atoms with Gasteiger partial charge in [0.25, 0.3) is 0 Å². The van der Waals surface area contributed by atoms with Crippen LogP contribution in [0.1, 0.15) is 0 Å². The zero-order valence-electron chi connectivity index (χ0n) is 7.70. The van der Waals surface area contributed by atoms with E-state index in [9.17, 15) is 0 Å². The van der Waals surface area contributed by atoms with E-state index >= 15 is 0 Å². The van der Waals surface area contributed by atoms with Crippen molar-refractivity contribution in [2.45, 2.75) is 0 Å². The van der Waals surface area contributed by atoms with Crippen molar-refractivity contribution in [1.29, 1.82) is 0 Å². The van der Waals surface area contributed by atoms with Crippen molar-refractivity contribution < 1.29 is 0 Å². The summed E-state index contributed by atoms with van der Waals surface area (Å²) in [5.74, 6) is 0. The van der Waals surface area contributed by atoms with E-state index in [1.807, 2.05) is 42.5 Å². The fraction of sp³-hybridized carbons (Fsp3) is 0. The van der Waals surface area contributed by atoms with Gasteiger partial charge >= 0.3 is 0 Å². The summed E-state index contributed by atoms with van der Waals surface area (Å²) < 4.78 is 0. The predicted octanol–water partition coefficient (Wildman–Crippen LogP) is 2.32. The first kappa shape index (κ1) is 8.63. The normalized spacial score (nSPS) is 10.0. The Kier molecular flexibility index (Phi) is 2.11. The van der Waals surface area contributed by atoms with Crippen LogP contribution < -0.4 is 11.5 Å². The number of anilines is 2. The number of rotatable bonds is 1. The van der Waals surface area contributed by atoms with Gasteiger partial charge in [0.2, 0.25) is 0 Å². The van der Waals surface area contributed by atoms with Crippen molar-refractivity contribution in [3.05, 3.63) is 48.5 Å². The van der Waals surface area contributed by atoms with Crippen molar-refractivity contribution in [2.24, 2.45) is 0 Å². The van der Waals surface area contributed by atoms with Crippen molar-refractivity contribution in [1.82, 2.24) is 0 Å². The minimum Gasteiger partial charge on any atom is -0.399 e. The number of nitrogens with two attached hydrogens (primary N) is 2. The van der Waals surface area contributed by atoms with E-state index in [0.29, 0.717) is 5.69 Å². The van der Waals surface area contributed by atoms with Crippen LogP contribution in [-0.2, 0) is 0 Å². The van der Waals surface area contributed by atoms with Gasteiger partial charge in [0, 0.05) is 17.4 Å². The third kappa shape index (κ3) is 1.69. The molecule has 1 radical (unpaired) electrons. The largest absolute Gasteiger partial charge is 0.399 e. The number of hydrogen-bond acceptors (Lipinski definition) is 2. The SMILES string of the molecule is Nc1[c]cc(-c2ccc(N)cc2)cc1. The molecule has 2 heteroatoms. The lowest BCUT2D eigenvalue weighted by Crippen LogP contribution is -1.86. The number of nitrogen functional groups attached to an aromatic ring is 2. The van der Waals surface area contributed by atoms with Crippen LogP contribution >= 0.6 is 0 Å². The molecule has 2 rings (SSSR count). The fourth-order valence-electron chi connectivity index (χ4n) is 1.29. The summed E-state index contributed by atoms with van der Waals surface area (Å²) in [5, 5.41) is 0. The molecule has 14 heavy (non-hydrogen) atoms. The summed E-state index contributed by atoms with van der Waals surface area (Å²) in [6, 6.07) is 16.4. The maximum absolute atomic E-state index is 5.60. The van der Waals surface area contributed by atoms with Gasteiger partial charge in [0.15, 0.2) is 0 Å². The lowest BCUT2D eigenvalue weighted by atomic mass is 10.1. The third-order valence-corrected chi connectivity index (χ3v) is 2.08. The molecular weight excluding hydrogens is 172 g/mol. The summed E-state index contributed by atoms with van der Waals surface area (Å²) in [7, 11) is 0. The van der Waals surface area contributed by atoms with E-state index in [1.54, 1.807) is 0 Å². The zero-order chi connectivity index (χ0) is 9.97. The first-order chi connectivity index (χ1) is 6.75. The Morgan fingerprint density at radius 3 is 2.00 bits per heavy atom. The lowest BCUT2D eigenvalue weighted by Gasteiger charge is -2.01. The topological polar surface area (TPSA) is 52.0 Å². The van der Waals surface area contributed by atoms with E-state index in [0.717, 1.165) is 16.8 Å². The molecule has 2 aromatic carbocycles. The molecular formula is C12H11N2. The second kappa shape index (κ2) is 3.42. The molecule has 0 aliphatic carbocycles. The van der Waals surface area contributed by atoms with Crippen molar-refractivity contribution in [3.63, 3.8) is 0 Å². The Balaban J connectivity index is 2.40. The van der Waals surface area contributed by atoms with Gasteiger partial charge in [-0.2, -0.15) is 0 Å². The van der Waals surface area contributed by atoms with Crippen LogP contribution in [0.25, 0.3) is 11.1 Å². The Morgan fingerprint density at radius 1 is 0.786 bits per heavy atom. The molecule has 0 bridgehead atoms. The highest BCUT2D eigenvalue weighted by Gasteiger charge is 1.96. The summed E-state index contributed by atoms with van der Waals surface area (Å²) in [6.45, 7) is 0. The summed E-state index contributed by atoms with van der Waals surface area (Å²) in [4.78, 5) is 0. The standard InChI is InChI=1S/C12H11N2/c13-11-5-1-9(2-6-11)10-3-7-12(14)8-4-10/h1-7H,13-14H2. The fourth-order valence-corrected chi connectivity index (χ4v) is 1.29. The second-order valence-electron chi connectivity index (χ2n) is 3.15. The van der Waals surface area contributed by atoms with Crippen LogP contribution in [0.5, 0.6) is 0 Å². The molecule has 2 aromatic rings. The molecule has 0 saturated carbocycles. The minimum atomic E-state index is 0.657. The van der Waals surface area contributed by atoms with E-state index in [2.05, 4.69) is 6.07 Å². The van der Waals surface area contributed by atoms with Crippen LogP contribution in [0.2, 0.25) is 0 Å². The minimum absolute atomic E-state index is 0.657. The highest BCUT2D eigenvalue weighted by molar-refractivity contribution is 5.66. The van der Waals surface area contributed by atoms with Gasteiger partial charge in [0.05, 0.1) is 0 Å². The maximum Gasteiger partial charge on any atom is 0.0394 e. The molecule has 0 atom stereocenters. The highest BCUT2D eigenvalue weighted by atomic mass is 14.5. The van der Waals surface area contributed by atoms with Gasteiger partial charge in [-0.15, -0.1) is 0 Å². The van der Waals surface area contributed by atoms with Crippen molar-refractivity contribution in [3.8, 4) is 11.1 Å². The molecule has 0 heterocycles. The molecule has 0 saturated heterocycles. The molecule has 0 aromatic heterocycles. The van der Waals surface area contributed by atoms with Gasteiger partial charge in [-0.3, -0.25) is 0 Å². The zero-order valence-corrected chi connectivity index (χ0v) is 7.70. The lowest BCUT2D eigenvalue weighted by molar-refractivity contribution is 1.60. The summed E-state index contributed by atoms with van der Waals surface area (Å²) in [5.41, 5.74) is 14.8. The Hall–Kier alpha value is -1.96. The average Bonchev–Trinajstić information content (AvgIpc) is 2.21. The quantitative estimate of drug-likeness (QED) is 0.666. The first-order valence-corrected chi connectivity index (χ1v) is 4.39. The summed E-state index contributed by atoms with van der Waals surface area (Å²) in [6.07, 6.45) is 0. The molecule has 0 amide bonds. The molecule has 0 unspecified atom stereocenters. The average molecular weight is 183 g/mol. The molecule has 4 N–H and O–H groups in total. The van der Waals surface area contributed by atoms with Gasteiger partial charge in [-0.1, -0.05) is 18.2 Å². The van der Waals surface area contributed by atoms with E-state index in [-0.39, 0.29) is 0 Å². The van der Waals surface area contributed by atoms with Crippen LogP contribution in [0, 0.1) is 6.07 Å². The van der Waals surface area contributed by atoms with Crippen LogP contribution in [0.3, 0.4) is 0 Å². The summed E-state index contributed by atoms with van der Waals surface area (Å²) >= 11 is 0. The monoisotopic (exact) mass is 183 g/mol. The van der Waals surface area contributed by atoms with Crippen molar-refractivity contribution in [2.75, 3.05) is 11.5 Å². The molecule has 69 valence electrons. The highest BCUT2D eigenvalue weighted by Crippen LogP contribution is 2.20. The van der Waals surface area contributed by atoms with Gasteiger partial charge < -0.3 is 11.5 Å². The molecule has 0 fully saturated rings. The van der Waals surface area contributed by atoms with Crippen LogP contribution in [0.4, 0.5) is 11.4 Å². The predicted molar refractivity (Wildman–Crippen MR) is 59.5 cm³/mol. The Morgan fingerprint density at radius 2 is 1.43 bits per heavy atom. The first-order valence-electron chi connectivity index (χ1n) is 4.39. The number of benzene rings is 2. The molecule has 0 spiro atoms. The third-order valence-electron chi connectivity index (χ3n) is 2.08. The molecule has 0 aliphatic rings. The van der Waals surface area contributed by atoms with E-state index < -0.39 is 0 Å².